The predicted octanol–water partition coefficient (Wildman–Crippen LogP) is -0.373. The van der Waals surface area contributed by atoms with Crippen LogP contribution in [0.5, 0.6) is 0 Å². The Morgan fingerprint density at radius 1 is 1.20 bits per heavy atom. The highest BCUT2D eigenvalue weighted by Crippen LogP contribution is 1.81. The topological polar surface area (TPSA) is 70.2 Å². The Bertz CT molecular complexity index is 207. The molecule has 0 heterocycles. The quantitative estimate of drug-likeness (QED) is 0.542. The highest BCUT2D eigenvalue weighted by Gasteiger charge is 2.11. The van der Waals surface area contributed by atoms with Gasteiger partial charge in [-0.2, -0.15) is 0 Å². The normalized spacial score (nSPS) is 11.9. The summed E-state index contributed by atoms with van der Waals surface area (Å²) in [6.07, 6.45) is 0.914. The molecule has 15 heavy (non-hydrogen) atoms. The molecule has 1 atom stereocenters. The first-order valence-corrected chi connectivity index (χ1v) is 5.39. The minimum absolute atomic E-state index is 0.0759. The Morgan fingerprint density at radius 2 is 1.87 bits per heavy atom. The standard InChI is InChI=1S/C10H21N3O2/c1-4-6-12-9(14)7-13-8(3)10(15)11-5-2/h8,13H,4-7H2,1-3H3,(H,11,15)(H,12,14). The van der Waals surface area contributed by atoms with Crippen LogP contribution in [0, 0.1) is 0 Å². The Labute approximate surface area is 91.0 Å². The molecule has 0 saturated carbocycles. The van der Waals surface area contributed by atoms with Gasteiger partial charge in [-0.15, -0.1) is 0 Å². The zero-order chi connectivity index (χ0) is 11.7. The van der Waals surface area contributed by atoms with Crippen LogP contribution >= 0.6 is 0 Å². The third kappa shape index (κ3) is 6.90. The van der Waals surface area contributed by atoms with Gasteiger partial charge >= 0.3 is 0 Å². The number of rotatable bonds is 7. The van der Waals surface area contributed by atoms with E-state index in [1.165, 1.54) is 0 Å². The molecule has 0 saturated heterocycles. The number of carbonyl (C=O) groups is 2. The van der Waals surface area contributed by atoms with E-state index in [1.807, 2.05) is 13.8 Å². The van der Waals surface area contributed by atoms with E-state index in [-0.39, 0.29) is 24.4 Å². The molecule has 0 rings (SSSR count). The first-order chi connectivity index (χ1) is 7.11. The molecule has 0 spiro atoms. The summed E-state index contributed by atoms with van der Waals surface area (Å²) in [6, 6.07) is -0.336. The van der Waals surface area contributed by atoms with Crippen LogP contribution in [0.15, 0.2) is 0 Å². The monoisotopic (exact) mass is 215 g/mol. The first-order valence-electron chi connectivity index (χ1n) is 5.39. The van der Waals surface area contributed by atoms with Crippen molar-refractivity contribution in [2.75, 3.05) is 19.6 Å². The molecule has 0 aromatic heterocycles. The second-order valence-electron chi connectivity index (χ2n) is 3.35. The lowest BCUT2D eigenvalue weighted by Crippen LogP contribution is -2.46. The molecule has 1 unspecified atom stereocenters. The van der Waals surface area contributed by atoms with Gasteiger partial charge in [0.05, 0.1) is 12.6 Å². The van der Waals surface area contributed by atoms with Crippen LogP contribution in [0.4, 0.5) is 0 Å². The smallest absolute Gasteiger partial charge is 0.236 e. The Kier molecular flexibility index (Phi) is 7.62. The van der Waals surface area contributed by atoms with Crippen molar-refractivity contribution in [3.05, 3.63) is 0 Å². The van der Waals surface area contributed by atoms with Crippen LogP contribution in [-0.4, -0.2) is 37.5 Å². The van der Waals surface area contributed by atoms with Crippen molar-refractivity contribution in [2.45, 2.75) is 33.2 Å². The molecular formula is C10H21N3O2. The van der Waals surface area contributed by atoms with E-state index < -0.39 is 0 Å². The lowest BCUT2D eigenvalue weighted by molar-refractivity contribution is -0.123. The summed E-state index contributed by atoms with van der Waals surface area (Å²) in [4.78, 5) is 22.4. The maximum absolute atomic E-state index is 11.3. The van der Waals surface area contributed by atoms with E-state index in [4.69, 9.17) is 0 Å². The molecule has 0 aliphatic heterocycles. The number of carbonyl (C=O) groups excluding carboxylic acids is 2. The third-order valence-corrected chi connectivity index (χ3v) is 1.89. The van der Waals surface area contributed by atoms with Crippen LogP contribution in [0.3, 0.4) is 0 Å². The lowest BCUT2D eigenvalue weighted by atomic mass is 10.3. The summed E-state index contributed by atoms with van der Waals surface area (Å²) < 4.78 is 0. The number of amides is 2. The Balaban J connectivity index is 3.65. The average molecular weight is 215 g/mol. The van der Waals surface area contributed by atoms with E-state index in [1.54, 1.807) is 6.92 Å². The molecule has 0 radical (unpaired) electrons. The van der Waals surface area contributed by atoms with Gasteiger partial charge in [-0.25, -0.2) is 0 Å². The highest BCUT2D eigenvalue weighted by molar-refractivity contribution is 5.83. The molecule has 0 fully saturated rings. The summed E-state index contributed by atoms with van der Waals surface area (Å²) in [5.74, 6) is -0.159. The highest BCUT2D eigenvalue weighted by atomic mass is 16.2. The fraction of sp³-hybridized carbons (Fsp3) is 0.800. The van der Waals surface area contributed by atoms with Crippen molar-refractivity contribution >= 4 is 11.8 Å². The Hall–Kier alpha value is -1.10. The van der Waals surface area contributed by atoms with Crippen molar-refractivity contribution < 1.29 is 9.59 Å². The van der Waals surface area contributed by atoms with Gasteiger partial charge in [-0.3, -0.25) is 14.9 Å². The van der Waals surface area contributed by atoms with E-state index in [2.05, 4.69) is 16.0 Å². The molecule has 2 amide bonds. The van der Waals surface area contributed by atoms with Crippen molar-refractivity contribution in [3.63, 3.8) is 0 Å². The second-order valence-corrected chi connectivity index (χ2v) is 3.35. The molecule has 0 aliphatic carbocycles. The van der Waals surface area contributed by atoms with E-state index >= 15 is 0 Å². The summed E-state index contributed by atoms with van der Waals surface area (Å²) in [6.45, 7) is 7.04. The third-order valence-electron chi connectivity index (χ3n) is 1.89. The SMILES string of the molecule is CCCNC(=O)CNC(C)C(=O)NCC. The second kappa shape index (κ2) is 8.23. The van der Waals surface area contributed by atoms with E-state index in [0.29, 0.717) is 13.1 Å². The minimum atomic E-state index is -0.336. The molecule has 88 valence electrons. The molecule has 5 nitrogen and oxygen atoms in total. The largest absolute Gasteiger partial charge is 0.355 e. The minimum Gasteiger partial charge on any atom is -0.355 e. The van der Waals surface area contributed by atoms with Crippen LogP contribution in [0.1, 0.15) is 27.2 Å². The molecule has 5 heteroatoms. The molecular weight excluding hydrogens is 194 g/mol. The molecule has 0 bridgehead atoms. The molecule has 0 aromatic rings. The summed E-state index contributed by atoms with van der Waals surface area (Å²) >= 11 is 0. The van der Waals surface area contributed by atoms with Crippen molar-refractivity contribution in [3.8, 4) is 0 Å². The van der Waals surface area contributed by atoms with Gasteiger partial charge in [0.1, 0.15) is 0 Å². The summed E-state index contributed by atoms with van der Waals surface area (Å²) in [7, 11) is 0. The van der Waals surface area contributed by atoms with Gasteiger partial charge in [0.25, 0.3) is 0 Å². The van der Waals surface area contributed by atoms with Crippen LogP contribution < -0.4 is 16.0 Å². The molecule has 3 N–H and O–H groups in total. The fourth-order valence-corrected chi connectivity index (χ4v) is 0.993. The van der Waals surface area contributed by atoms with Gasteiger partial charge in [-0.1, -0.05) is 6.92 Å². The Morgan fingerprint density at radius 3 is 2.40 bits per heavy atom. The zero-order valence-electron chi connectivity index (χ0n) is 9.72. The average Bonchev–Trinajstić information content (AvgIpc) is 2.23. The number of hydrogen-bond acceptors (Lipinski definition) is 3. The maximum Gasteiger partial charge on any atom is 0.236 e. The number of nitrogens with one attached hydrogen (secondary N) is 3. The number of hydrogen-bond donors (Lipinski definition) is 3. The van der Waals surface area contributed by atoms with Crippen molar-refractivity contribution in [2.24, 2.45) is 0 Å². The van der Waals surface area contributed by atoms with Crippen molar-refractivity contribution in [1.29, 1.82) is 0 Å². The maximum atomic E-state index is 11.3. The van der Waals surface area contributed by atoms with Crippen LogP contribution in [0.2, 0.25) is 0 Å². The van der Waals surface area contributed by atoms with Gasteiger partial charge in [-0.05, 0) is 20.3 Å². The fourth-order valence-electron chi connectivity index (χ4n) is 0.993. The van der Waals surface area contributed by atoms with Crippen molar-refractivity contribution in [1.82, 2.24) is 16.0 Å². The van der Waals surface area contributed by atoms with Gasteiger partial charge < -0.3 is 10.6 Å². The summed E-state index contributed by atoms with van der Waals surface area (Å²) in [5, 5.41) is 8.26. The first kappa shape index (κ1) is 13.9. The summed E-state index contributed by atoms with van der Waals surface area (Å²) in [5.41, 5.74) is 0. The van der Waals surface area contributed by atoms with E-state index in [9.17, 15) is 9.59 Å². The van der Waals surface area contributed by atoms with Gasteiger partial charge in [0, 0.05) is 13.1 Å². The van der Waals surface area contributed by atoms with Gasteiger partial charge in [0.15, 0.2) is 0 Å². The predicted molar refractivity (Wildman–Crippen MR) is 59.4 cm³/mol. The number of likely N-dealkylation sites (N-methyl/N-ethyl adjacent to an activating group) is 1. The zero-order valence-corrected chi connectivity index (χ0v) is 9.72. The lowest BCUT2D eigenvalue weighted by Gasteiger charge is -2.12. The van der Waals surface area contributed by atoms with Crippen LogP contribution in [0.25, 0.3) is 0 Å². The van der Waals surface area contributed by atoms with Crippen LogP contribution in [-0.2, 0) is 9.59 Å². The molecule has 0 aliphatic rings. The van der Waals surface area contributed by atoms with Gasteiger partial charge in [0.2, 0.25) is 11.8 Å². The van der Waals surface area contributed by atoms with E-state index in [0.717, 1.165) is 6.42 Å². The molecule has 0 aromatic carbocycles.